The normalized spacial score (nSPS) is 11.2. The first-order valence-electron chi connectivity index (χ1n) is 6.47. The highest BCUT2D eigenvalue weighted by atomic mass is 16.4. The van der Waals surface area contributed by atoms with Crippen LogP contribution in [0.15, 0.2) is 30.6 Å². The van der Waals surface area contributed by atoms with Crippen LogP contribution in [0, 0.1) is 6.92 Å². The summed E-state index contributed by atoms with van der Waals surface area (Å²) in [6.07, 6.45) is 3.08. The number of aryl methyl sites for hydroxylation is 1. The molecule has 3 N–H and O–H groups in total. The first kappa shape index (κ1) is 14.8. The maximum absolute atomic E-state index is 12.1. The Kier molecular flexibility index (Phi) is 3.80. The highest BCUT2D eigenvalue weighted by Gasteiger charge is 2.25. The third-order valence-corrected chi connectivity index (χ3v) is 3.32. The van der Waals surface area contributed by atoms with Gasteiger partial charge in [-0.05, 0) is 38.0 Å². The smallest absolute Gasteiger partial charge is 0.335 e. The number of amides is 1. The summed E-state index contributed by atoms with van der Waals surface area (Å²) in [5, 5.41) is 11.9. The Morgan fingerprint density at radius 1 is 1.33 bits per heavy atom. The topological polar surface area (TPSA) is 95.1 Å². The molecule has 0 atom stereocenters. The predicted octanol–water partition coefficient (Wildman–Crippen LogP) is 2.08. The molecule has 0 saturated carbocycles. The van der Waals surface area contributed by atoms with Crippen molar-refractivity contribution in [3.05, 3.63) is 53.1 Å². The van der Waals surface area contributed by atoms with Crippen molar-refractivity contribution in [1.82, 2.24) is 15.3 Å². The molecule has 1 aromatic heterocycles. The summed E-state index contributed by atoms with van der Waals surface area (Å²) in [5.41, 5.74) is 1.09. The predicted molar refractivity (Wildman–Crippen MR) is 77.2 cm³/mol. The average Bonchev–Trinajstić information content (AvgIpc) is 2.91. The zero-order valence-electron chi connectivity index (χ0n) is 12.1. The zero-order valence-corrected chi connectivity index (χ0v) is 12.1. The number of carbonyl (C=O) groups is 2. The molecule has 0 saturated heterocycles. The molecule has 0 spiro atoms. The molecule has 0 radical (unpaired) electrons. The van der Waals surface area contributed by atoms with Crippen LogP contribution in [-0.2, 0) is 5.54 Å². The van der Waals surface area contributed by atoms with Crippen LogP contribution in [0.3, 0.4) is 0 Å². The molecule has 0 aliphatic carbocycles. The summed E-state index contributed by atoms with van der Waals surface area (Å²) >= 11 is 0. The Morgan fingerprint density at radius 3 is 2.57 bits per heavy atom. The van der Waals surface area contributed by atoms with Crippen molar-refractivity contribution < 1.29 is 14.7 Å². The fourth-order valence-electron chi connectivity index (χ4n) is 2.10. The number of H-pyrrole nitrogens is 1. The summed E-state index contributed by atoms with van der Waals surface area (Å²) in [7, 11) is 0. The number of hydrogen-bond acceptors (Lipinski definition) is 3. The highest BCUT2D eigenvalue weighted by molar-refractivity contribution is 5.91. The lowest BCUT2D eigenvalue weighted by atomic mass is 9.91. The second kappa shape index (κ2) is 5.40. The Hall–Kier alpha value is -2.63. The van der Waals surface area contributed by atoms with Gasteiger partial charge in [0, 0.05) is 12.4 Å². The minimum atomic E-state index is -0.962. The van der Waals surface area contributed by atoms with Crippen molar-refractivity contribution >= 4 is 11.9 Å². The van der Waals surface area contributed by atoms with Crippen molar-refractivity contribution in [2.24, 2.45) is 0 Å². The van der Waals surface area contributed by atoms with Crippen molar-refractivity contribution in [2.45, 2.75) is 26.3 Å². The molecule has 1 aromatic carbocycles. The van der Waals surface area contributed by atoms with E-state index >= 15 is 0 Å². The average molecular weight is 287 g/mol. The number of nitrogens with zero attached hydrogens (tertiary/aromatic N) is 1. The number of rotatable bonds is 4. The molecule has 0 aliphatic heterocycles. The molecule has 0 aliphatic rings. The number of aromatic amines is 1. The number of nitrogens with one attached hydrogen (secondary N) is 2. The monoisotopic (exact) mass is 287 g/mol. The molecule has 2 rings (SSSR count). The number of aromatic carboxylic acids is 1. The minimum Gasteiger partial charge on any atom is -0.478 e. The zero-order chi connectivity index (χ0) is 15.6. The molecule has 0 fully saturated rings. The van der Waals surface area contributed by atoms with Crippen LogP contribution in [0.5, 0.6) is 0 Å². The van der Waals surface area contributed by atoms with Crippen molar-refractivity contribution in [3.8, 4) is 0 Å². The molecule has 0 unspecified atom stereocenters. The number of benzene rings is 1. The van der Waals surface area contributed by atoms with E-state index in [1.54, 1.807) is 31.3 Å². The van der Waals surface area contributed by atoms with E-state index in [0.29, 0.717) is 5.56 Å². The lowest BCUT2D eigenvalue weighted by molar-refractivity contribution is 0.0695. The van der Waals surface area contributed by atoms with Crippen LogP contribution in [0.2, 0.25) is 0 Å². The molecule has 21 heavy (non-hydrogen) atoms. The summed E-state index contributed by atoms with van der Waals surface area (Å²) in [6, 6.07) is 5.03. The van der Waals surface area contributed by atoms with Gasteiger partial charge in [-0.15, -0.1) is 0 Å². The van der Waals surface area contributed by atoms with Crippen LogP contribution in [0.4, 0.5) is 0 Å². The second-order valence-corrected chi connectivity index (χ2v) is 5.35. The molecular formula is C15H17N3O3. The molecule has 1 heterocycles. The number of aromatic nitrogens is 2. The lowest BCUT2D eigenvalue weighted by Gasteiger charge is -2.27. The first-order chi connectivity index (χ1) is 9.81. The lowest BCUT2D eigenvalue weighted by Crippen LogP contribution is -2.41. The highest BCUT2D eigenvalue weighted by Crippen LogP contribution is 2.23. The fourth-order valence-corrected chi connectivity index (χ4v) is 2.10. The van der Waals surface area contributed by atoms with E-state index in [9.17, 15) is 9.59 Å². The summed E-state index contributed by atoms with van der Waals surface area (Å²) < 4.78 is 0. The van der Waals surface area contributed by atoms with E-state index in [1.807, 2.05) is 13.8 Å². The van der Waals surface area contributed by atoms with Gasteiger partial charge in [-0.2, -0.15) is 0 Å². The minimum absolute atomic E-state index is 0.238. The van der Waals surface area contributed by atoms with Crippen molar-refractivity contribution in [1.29, 1.82) is 0 Å². The maximum Gasteiger partial charge on any atom is 0.335 e. The Labute approximate surface area is 122 Å². The molecule has 6 nitrogen and oxygen atoms in total. The van der Waals surface area contributed by atoms with Crippen LogP contribution in [-0.4, -0.2) is 27.0 Å². The van der Waals surface area contributed by atoms with E-state index in [0.717, 1.165) is 5.56 Å². The van der Waals surface area contributed by atoms with Gasteiger partial charge in [-0.3, -0.25) is 4.79 Å². The molecular weight excluding hydrogens is 270 g/mol. The molecule has 0 bridgehead atoms. The van der Waals surface area contributed by atoms with Crippen LogP contribution < -0.4 is 5.32 Å². The summed E-state index contributed by atoms with van der Waals surface area (Å²) in [6.45, 7) is 5.43. The molecule has 110 valence electrons. The van der Waals surface area contributed by atoms with E-state index in [2.05, 4.69) is 15.3 Å². The quantitative estimate of drug-likeness (QED) is 0.802. The van der Waals surface area contributed by atoms with Gasteiger partial charge in [-0.1, -0.05) is 12.1 Å². The van der Waals surface area contributed by atoms with Gasteiger partial charge in [0.2, 0.25) is 0 Å². The van der Waals surface area contributed by atoms with Crippen molar-refractivity contribution in [2.75, 3.05) is 0 Å². The standard InChI is InChI=1S/C15H17N3O3/c1-9-8-10(4-5-11(9)14(20)21)15(2,3)18-13(19)12-16-6-7-17-12/h4-8H,1-3H3,(H,16,17)(H,18,19)(H,20,21). The van der Waals surface area contributed by atoms with E-state index in [-0.39, 0.29) is 17.3 Å². The van der Waals surface area contributed by atoms with E-state index < -0.39 is 11.5 Å². The van der Waals surface area contributed by atoms with Gasteiger partial charge in [0.05, 0.1) is 11.1 Å². The van der Waals surface area contributed by atoms with Gasteiger partial charge in [0.15, 0.2) is 5.82 Å². The number of imidazole rings is 1. The third-order valence-electron chi connectivity index (χ3n) is 3.32. The van der Waals surface area contributed by atoms with Crippen molar-refractivity contribution in [3.63, 3.8) is 0 Å². The Morgan fingerprint density at radius 2 is 2.05 bits per heavy atom. The van der Waals surface area contributed by atoms with Crippen LogP contribution in [0.1, 0.15) is 46.0 Å². The number of carboxylic acids is 1. The van der Waals surface area contributed by atoms with E-state index in [4.69, 9.17) is 5.11 Å². The largest absolute Gasteiger partial charge is 0.478 e. The number of carbonyl (C=O) groups excluding carboxylic acids is 1. The summed E-state index contributed by atoms with van der Waals surface area (Å²) in [5.74, 6) is -1.04. The van der Waals surface area contributed by atoms with Crippen LogP contribution >= 0.6 is 0 Å². The first-order valence-corrected chi connectivity index (χ1v) is 6.47. The number of carboxylic acid groups (broad SMARTS) is 1. The van der Waals surface area contributed by atoms with Gasteiger partial charge in [0.1, 0.15) is 0 Å². The van der Waals surface area contributed by atoms with Gasteiger partial charge >= 0.3 is 5.97 Å². The van der Waals surface area contributed by atoms with Gasteiger partial charge in [-0.25, -0.2) is 9.78 Å². The van der Waals surface area contributed by atoms with Gasteiger partial charge in [0.25, 0.3) is 5.91 Å². The Balaban J connectivity index is 2.25. The van der Waals surface area contributed by atoms with E-state index in [1.165, 1.54) is 6.20 Å². The SMILES string of the molecule is Cc1cc(C(C)(C)NC(=O)c2ncc[nH]2)ccc1C(=O)O. The maximum atomic E-state index is 12.1. The summed E-state index contributed by atoms with van der Waals surface area (Å²) in [4.78, 5) is 29.7. The second-order valence-electron chi connectivity index (χ2n) is 5.35. The molecule has 2 aromatic rings. The fraction of sp³-hybridized carbons (Fsp3) is 0.267. The number of hydrogen-bond donors (Lipinski definition) is 3. The molecule has 6 heteroatoms. The third kappa shape index (κ3) is 3.10. The Bertz CT molecular complexity index is 675. The van der Waals surface area contributed by atoms with Crippen LogP contribution in [0.25, 0.3) is 0 Å². The molecule has 1 amide bonds. The van der Waals surface area contributed by atoms with Gasteiger partial charge < -0.3 is 15.4 Å².